The average Bonchev–Trinajstić information content (AvgIpc) is 2.71. The minimum atomic E-state index is -1.20. The van der Waals surface area contributed by atoms with Gasteiger partial charge in [0.2, 0.25) is 18.4 Å². The molecule has 1 aromatic rings. The average molecular weight is 254 g/mol. The number of phenols is 1. The number of carbonyl (C=O) groups is 1. The van der Waals surface area contributed by atoms with Gasteiger partial charge in [0.05, 0.1) is 5.41 Å². The number of halogens is 1. The quantitative estimate of drug-likeness (QED) is 0.841. The zero-order valence-corrected chi connectivity index (χ0v) is 9.40. The van der Waals surface area contributed by atoms with Crippen molar-refractivity contribution in [3.63, 3.8) is 0 Å². The lowest BCUT2D eigenvalue weighted by atomic mass is 9.64. The predicted molar refractivity (Wildman–Crippen MR) is 57.4 cm³/mol. The summed E-state index contributed by atoms with van der Waals surface area (Å²) < 4.78 is 23.8. The van der Waals surface area contributed by atoms with E-state index >= 15 is 0 Å². The van der Waals surface area contributed by atoms with Crippen LogP contribution < -0.4 is 9.47 Å². The van der Waals surface area contributed by atoms with Crippen LogP contribution >= 0.6 is 0 Å². The molecule has 6 heteroatoms. The lowest BCUT2D eigenvalue weighted by Gasteiger charge is -2.38. The van der Waals surface area contributed by atoms with Crippen LogP contribution in [0.2, 0.25) is 0 Å². The third-order valence-corrected chi connectivity index (χ3v) is 3.71. The summed E-state index contributed by atoms with van der Waals surface area (Å²) in [5, 5.41) is 19.1. The molecule has 2 N–H and O–H groups in total. The van der Waals surface area contributed by atoms with Gasteiger partial charge in [0.15, 0.2) is 11.5 Å². The highest BCUT2D eigenvalue weighted by molar-refractivity contribution is 5.84. The van der Waals surface area contributed by atoms with E-state index in [4.69, 9.17) is 9.47 Å². The van der Waals surface area contributed by atoms with E-state index in [1.165, 1.54) is 6.07 Å². The van der Waals surface area contributed by atoms with Crippen molar-refractivity contribution in [3.05, 3.63) is 17.4 Å². The van der Waals surface area contributed by atoms with Crippen LogP contribution in [0.3, 0.4) is 0 Å². The fourth-order valence-corrected chi connectivity index (χ4v) is 2.49. The number of aromatic hydroxyl groups is 1. The van der Waals surface area contributed by atoms with Gasteiger partial charge in [-0.3, -0.25) is 4.79 Å². The Hall–Kier alpha value is -1.98. The van der Waals surface area contributed by atoms with Crippen molar-refractivity contribution in [3.8, 4) is 17.2 Å². The fraction of sp³-hybridized carbons (Fsp3) is 0.417. The molecule has 18 heavy (non-hydrogen) atoms. The standard InChI is InChI=1S/C12H11FO5/c13-8-9(14)6(4-7-10(8)18-5-17-7)12(11(15)16)2-1-3-12/h4,14H,1-3,5H2,(H,15,16). The molecule has 1 aromatic carbocycles. The SMILES string of the molecule is O=C(O)C1(c2cc3c(c(F)c2O)OCO3)CCC1. The summed E-state index contributed by atoms with van der Waals surface area (Å²) in [6.07, 6.45) is 1.51. The summed E-state index contributed by atoms with van der Waals surface area (Å²) in [4.78, 5) is 11.4. The van der Waals surface area contributed by atoms with Gasteiger partial charge >= 0.3 is 5.97 Å². The molecule has 1 saturated carbocycles. The Kier molecular flexibility index (Phi) is 2.17. The lowest BCUT2D eigenvalue weighted by molar-refractivity contribution is -0.147. The van der Waals surface area contributed by atoms with Crippen LogP contribution in [0.1, 0.15) is 24.8 Å². The number of carboxylic acids is 1. The van der Waals surface area contributed by atoms with E-state index in [1.807, 2.05) is 0 Å². The number of carboxylic acid groups (broad SMARTS) is 1. The molecule has 2 aliphatic rings. The number of ether oxygens (including phenoxy) is 2. The summed E-state index contributed by atoms with van der Waals surface area (Å²) >= 11 is 0. The first kappa shape index (κ1) is 11.1. The number of hydrogen-bond donors (Lipinski definition) is 2. The number of rotatable bonds is 2. The molecule has 0 saturated heterocycles. The summed E-state index contributed by atoms with van der Waals surface area (Å²) in [6, 6.07) is 1.37. The Labute approximate surface area is 102 Å². The molecule has 1 heterocycles. The number of aliphatic carboxylic acids is 1. The van der Waals surface area contributed by atoms with Gasteiger partial charge in [-0.2, -0.15) is 4.39 Å². The smallest absolute Gasteiger partial charge is 0.314 e. The highest BCUT2D eigenvalue weighted by atomic mass is 19.1. The van der Waals surface area contributed by atoms with Gasteiger partial charge in [0, 0.05) is 5.56 Å². The normalized spacial score (nSPS) is 19.4. The molecule has 1 aliphatic heterocycles. The summed E-state index contributed by atoms with van der Waals surface area (Å²) in [5.74, 6) is -2.67. The van der Waals surface area contributed by atoms with E-state index in [0.29, 0.717) is 12.8 Å². The van der Waals surface area contributed by atoms with E-state index in [-0.39, 0.29) is 23.9 Å². The molecular formula is C12H11FO5. The maximum Gasteiger partial charge on any atom is 0.314 e. The first-order valence-electron chi connectivity index (χ1n) is 5.61. The van der Waals surface area contributed by atoms with Crippen LogP contribution in [0, 0.1) is 5.82 Å². The molecule has 1 aliphatic carbocycles. The van der Waals surface area contributed by atoms with Crippen LogP contribution in [0.25, 0.3) is 0 Å². The molecule has 0 bridgehead atoms. The Morgan fingerprint density at radius 2 is 2.11 bits per heavy atom. The monoisotopic (exact) mass is 254 g/mol. The van der Waals surface area contributed by atoms with Crippen LogP contribution in [0.4, 0.5) is 4.39 Å². The minimum absolute atomic E-state index is 0.0722. The fourth-order valence-electron chi connectivity index (χ4n) is 2.49. The van der Waals surface area contributed by atoms with E-state index < -0.39 is 23.0 Å². The topological polar surface area (TPSA) is 76.0 Å². The maximum absolute atomic E-state index is 13.9. The van der Waals surface area contributed by atoms with Gasteiger partial charge in [-0.25, -0.2) is 0 Å². The second-order valence-corrected chi connectivity index (χ2v) is 4.56. The largest absolute Gasteiger partial charge is 0.504 e. The molecule has 0 spiro atoms. The van der Waals surface area contributed by atoms with Crippen molar-refractivity contribution < 1.29 is 28.9 Å². The predicted octanol–water partition coefficient (Wildman–Crippen LogP) is 1.77. The third kappa shape index (κ3) is 1.23. The molecular weight excluding hydrogens is 243 g/mol. The number of hydrogen-bond acceptors (Lipinski definition) is 4. The Morgan fingerprint density at radius 1 is 1.39 bits per heavy atom. The molecule has 3 rings (SSSR count). The summed E-state index contributed by atoms with van der Waals surface area (Å²) in [7, 11) is 0. The van der Waals surface area contributed by atoms with Crippen molar-refractivity contribution >= 4 is 5.97 Å². The molecule has 1 fully saturated rings. The molecule has 0 atom stereocenters. The van der Waals surface area contributed by atoms with Gasteiger partial charge in [0.25, 0.3) is 0 Å². The Morgan fingerprint density at radius 3 is 2.67 bits per heavy atom. The first-order valence-corrected chi connectivity index (χ1v) is 5.61. The number of fused-ring (bicyclic) bond motifs is 1. The highest BCUT2D eigenvalue weighted by Crippen LogP contribution is 2.52. The van der Waals surface area contributed by atoms with E-state index in [1.54, 1.807) is 0 Å². The van der Waals surface area contributed by atoms with E-state index in [2.05, 4.69) is 0 Å². The van der Waals surface area contributed by atoms with Crippen LogP contribution in [0.5, 0.6) is 17.2 Å². The lowest BCUT2D eigenvalue weighted by Crippen LogP contribution is -2.42. The Bertz CT molecular complexity index is 536. The summed E-state index contributed by atoms with van der Waals surface area (Å²) in [5.41, 5.74) is -1.13. The van der Waals surface area contributed by atoms with Crippen molar-refractivity contribution in [1.29, 1.82) is 0 Å². The van der Waals surface area contributed by atoms with E-state index in [0.717, 1.165) is 6.42 Å². The van der Waals surface area contributed by atoms with Gasteiger partial charge in [0.1, 0.15) is 0 Å². The molecule has 0 amide bonds. The second kappa shape index (κ2) is 3.51. The highest BCUT2D eigenvalue weighted by Gasteiger charge is 2.49. The van der Waals surface area contributed by atoms with Gasteiger partial charge in [-0.05, 0) is 18.9 Å². The molecule has 0 aromatic heterocycles. The zero-order chi connectivity index (χ0) is 12.9. The van der Waals surface area contributed by atoms with Gasteiger partial charge in [-0.1, -0.05) is 6.42 Å². The molecule has 0 unspecified atom stereocenters. The van der Waals surface area contributed by atoms with E-state index in [9.17, 15) is 19.4 Å². The molecule has 0 radical (unpaired) electrons. The van der Waals surface area contributed by atoms with Crippen molar-refractivity contribution in [1.82, 2.24) is 0 Å². The van der Waals surface area contributed by atoms with Gasteiger partial charge < -0.3 is 19.7 Å². The zero-order valence-electron chi connectivity index (χ0n) is 9.40. The number of benzene rings is 1. The second-order valence-electron chi connectivity index (χ2n) is 4.56. The van der Waals surface area contributed by atoms with Crippen LogP contribution in [-0.4, -0.2) is 23.0 Å². The molecule has 96 valence electrons. The van der Waals surface area contributed by atoms with Crippen LogP contribution in [0.15, 0.2) is 6.07 Å². The number of phenolic OH excluding ortho intramolecular Hbond substituents is 1. The summed E-state index contributed by atoms with van der Waals surface area (Å²) in [6.45, 7) is -0.130. The van der Waals surface area contributed by atoms with Crippen molar-refractivity contribution in [2.45, 2.75) is 24.7 Å². The van der Waals surface area contributed by atoms with Crippen molar-refractivity contribution in [2.75, 3.05) is 6.79 Å². The van der Waals surface area contributed by atoms with Crippen molar-refractivity contribution in [2.24, 2.45) is 0 Å². The Balaban J connectivity index is 2.19. The van der Waals surface area contributed by atoms with Gasteiger partial charge in [-0.15, -0.1) is 0 Å². The first-order chi connectivity index (χ1) is 8.56. The van der Waals surface area contributed by atoms with Crippen LogP contribution in [-0.2, 0) is 10.2 Å². The third-order valence-electron chi connectivity index (χ3n) is 3.71. The maximum atomic E-state index is 13.9. The minimum Gasteiger partial charge on any atom is -0.504 e. The molecule has 5 nitrogen and oxygen atoms in total.